The summed E-state index contributed by atoms with van der Waals surface area (Å²) >= 11 is 0. The fraction of sp³-hybridized carbons (Fsp3) is 0.400. The van der Waals surface area contributed by atoms with Gasteiger partial charge in [0.1, 0.15) is 0 Å². The highest BCUT2D eigenvalue weighted by atomic mass is 35.7. The van der Waals surface area contributed by atoms with Crippen molar-refractivity contribution >= 4 is 10.8 Å². The highest BCUT2D eigenvalue weighted by molar-refractivity contribution is 5.87. The minimum absolute atomic E-state index is 0.757. The van der Waals surface area contributed by atoms with Gasteiger partial charge in [-0.3, -0.25) is 4.84 Å². The molecule has 2 aromatic rings. The third kappa shape index (κ3) is 4.37. The number of aryl methyl sites for hydroxylation is 2. The largest absolute Gasteiger partial charge is 0.493 e. The van der Waals surface area contributed by atoms with E-state index in [0.29, 0.717) is 0 Å². The van der Waals surface area contributed by atoms with E-state index in [1.54, 1.807) is 14.2 Å². The van der Waals surface area contributed by atoms with E-state index in [1.165, 1.54) is 11.1 Å². The Bertz CT molecular complexity index is 724. The second kappa shape index (κ2) is 7.37. The van der Waals surface area contributed by atoms with Crippen LogP contribution in [0.4, 0.5) is 0 Å². The Hall–Kier alpha value is -1.84. The number of aromatic nitrogens is 1. The Labute approximate surface area is 141 Å². The number of rotatable bonds is 2. The molecule has 1 aromatic carbocycles. The van der Waals surface area contributed by atoms with Crippen LogP contribution >= 0.6 is 0 Å². The lowest BCUT2D eigenvalue weighted by Gasteiger charge is -2.17. The Morgan fingerprint density at radius 1 is 1.04 bits per heavy atom. The molecule has 1 aliphatic heterocycles. The van der Waals surface area contributed by atoms with Gasteiger partial charge in [-0.05, 0) is 23.9 Å². The number of halogens is 1. The third-order valence-electron chi connectivity index (χ3n) is 3.57. The normalized spacial score (nSPS) is 13.5. The molecular formula is C15H18ClNO7. The van der Waals surface area contributed by atoms with Crippen LogP contribution in [0.2, 0.25) is 0 Å². The van der Waals surface area contributed by atoms with Crippen molar-refractivity contribution in [3.05, 3.63) is 29.6 Å². The monoisotopic (exact) mass is 359 g/mol. The molecule has 0 N–H and O–H groups in total. The predicted octanol–water partition coefficient (Wildman–Crippen LogP) is -2.93. The van der Waals surface area contributed by atoms with Crippen LogP contribution in [0.3, 0.4) is 0 Å². The van der Waals surface area contributed by atoms with Crippen LogP contribution in [0.15, 0.2) is 18.2 Å². The average Bonchev–Trinajstić information content (AvgIpc) is 2.52. The molecule has 0 fully saturated rings. The topological polar surface area (TPSA) is 124 Å². The van der Waals surface area contributed by atoms with Crippen LogP contribution < -0.4 is 37.7 Å². The van der Waals surface area contributed by atoms with Gasteiger partial charge in [0.05, 0.1) is 19.6 Å². The summed E-state index contributed by atoms with van der Waals surface area (Å²) in [4.78, 5) is 5.74. The second-order valence-electron chi connectivity index (χ2n) is 5.14. The Morgan fingerprint density at radius 3 is 2.21 bits per heavy atom. The number of pyridine rings is 1. The molecule has 1 aromatic heterocycles. The van der Waals surface area contributed by atoms with Crippen molar-refractivity contribution in [3.63, 3.8) is 0 Å². The maximum absolute atomic E-state index is 8.49. The van der Waals surface area contributed by atoms with E-state index in [2.05, 4.69) is 13.0 Å². The summed E-state index contributed by atoms with van der Waals surface area (Å²) < 4.78 is 46.7. The summed E-state index contributed by atoms with van der Waals surface area (Å²) in [6.45, 7) is 2.84. The first kappa shape index (κ1) is 18.5. The Balaban J connectivity index is 0.000000368. The molecule has 1 aliphatic rings. The van der Waals surface area contributed by atoms with Crippen LogP contribution in [0, 0.1) is 17.2 Å². The highest BCUT2D eigenvalue weighted by Gasteiger charge is 2.26. The van der Waals surface area contributed by atoms with E-state index in [4.69, 9.17) is 32.9 Å². The number of ether oxygens (including phenoxy) is 2. The lowest BCUT2D eigenvalue weighted by atomic mass is 10.0. The molecule has 0 atom stereocenters. The van der Waals surface area contributed by atoms with Crippen LogP contribution in [-0.4, -0.2) is 20.8 Å². The van der Waals surface area contributed by atoms with E-state index >= 15 is 0 Å². The number of fused-ring (bicyclic) bond motifs is 3. The van der Waals surface area contributed by atoms with Gasteiger partial charge in [0.15, 0.2) is 18.1 Å². The zero-order valence-corrected chi connectivity index (χ0v) is 14.3. The molecule has 0 bridgehead atoms. The average molecular weight is 360 g/mol. The molecule has 24 heavy (non-hydrogen) atoms. The maximum atomic E-state index is 8.49. The summed E-state index contributed by atoms with van der Waals surface area (Å²) in [6, 6.07) is 6.18. The van der Waals surface area contributed by atoms with Crippen LogP contribution in [0.25, 0.3) is 10.8 Å². The fourth-order valence-corrected chi connectivity index (χ4v) is 2.68. The molecule has 9 heteroatoms. The van der Waals surface area contributed by atoms with Gasteiger partial charge in [0, 0.05) is 24.1 Å². The van der Waals surface area contributed by atoms with Gasteiger partial charge in [-0.15, -0.1) is 10.2 Å². The van der Waals surface area contributed by atoms with E-state index < -0.39 is 10.2 Å². The van der Waals surface area contributed by atoms with Crippen molar-refractivity contribution < 1.29 is 47.9 Å². The van der Waals surface area contributed by atoms with Crippen molar-refractivity contribution in [1.82, 2.24) is 0 Å². The van der Waals surface area contributed by atoms with E-state index in [-0.39, 0.29) is 0 Å². The minimum Gasteiger partial charge on any atom is -0.493 e. The summed E-state index contributed by atoms with van der Waals surface area (Å²) in [7, 11) is -1.62. The van der Waals surface area contributed by atoms with E-state index in [0.717, 1.165) is 42.0 Å². The van der Waals surface area contributed by atoms with Gasteiger partial charge in [0.2, 0.25) is 11.4 Å². The van der Waals surface area contributed by atoms with Gasteiger partial charge >= 0.3 is 0 Å². The molecule has 3 rings (SSSR count). The van der Waals surface area contributed by atoms with Crippen molar-refractivity contribution in [2.24, 2.45) is 0 Å². The molecule has 132 valence electrons. The lowest BCUT2D eigenvalue weighted by Crippen LogP contribution is -2.68. The SMILES string of the molecule is COc1cc2cc(C)[n+]3c(c2cc1OC)CCCO3.[O-][Cl+3]([O-])([O-])[O-]. The molecule has 0 amide bonds. The van der Waals surface area contributed by atoms with Crippen molar-refractivity contribution in [2.45, 2.75) is 19.8 Å². The number of hydrogen-bond acceptors (Lipinski definition) is 7. The summed E-state index contributed by atoms with van der Waals surface area (Å²) in [5.74, 6) is 1.52. The van der Waals surface area contributed by atoms with Crippen LogP contribution in [0.1, 0.15) is 17.8 Å². The van der Waals surface area contributed by atoms with Gasteiger partial charge in [-0.1, -0.05) is 0 Å². The molecule has 0 radical (unpaired) electrons. The van der Waals surface area contributed by atoms with Crippen molar-refractivity contribution in [1.29, 1.82) is 0 Å². The van der Waals surface area contributed by atoms with Gasteiger partial charge in [-0.2, -0.15) is 0 Å². The quantitative estimate of drug-likeness (QED) is 0.526. The lowest BCUT2D eigenvalue weighted by molar-refractivity contribution is -2.00. The first-order chi connectivity index (χ1) is 11.2. The molecule has 0 unspecified atom stereocenters. The standard InChI is InChI=1S/C15H18NO3.ClHO4/c1-10-7-11-8-14(17-2)15(18-3)9-12(11)13-5-4-6-19-16(10)13;2-1(3,4)5/h7-9H,4-6H2,1-3H3;(H,2,3,4,5)/q+1;/p-1. The summed E-state index contributed by atoms with van der Waals surface area (Å²) in [5.41, 5.74) is 2.32. The molecule has 0 saturated heterocycles. The number of hydrogen-bond donors (Lipinski definition) is 0. The molecule has 0 saturated carbocycles. The molecular weight excluding hydrogens is 342 g/mol. The predicted molar refractivity (Wildman–Crippen MR) is 71.8 cm³/mol. The zero-order chi connectivity index (χ0) is 17.9. The number of nitrogens with zero attached hydrogens (tertiary/aromatic N) is 1. The third-order valence-corrected chi connectivity index (χ3v) is 3.57. The Morgan fingerprint density at radius 2 is 1.62 bits per heavy atom. The van der Waals surface area contributed by atoms with Gasteiger partial charge < -0.3 is 9.47 Å². The summed E-state index contributed by atoms with van der Waals surface area (Å²) in [6.07, 6.45) is 2.07. The van der Waals surface area contributed by atoms with Crippen LogP contribution in [0.5, 0.6) is 11.5 Å². The molecule has 0 spiro atoms. The zero-order valence-electron chi connectivity index (χ0n) is 13.5. The number of methoxy groups -OCH3 is 2. The second-order valence-corrected chi connectivity index (χ2v) is 5.89. The van der Waals surface area contributed by atoms with E-state index in [9.17, 15) is 0 Å². The fourth-order valence-electron chi connectivity index (χ4n) is 2.68. The molecule has 0 aliphatic carbocycles. The maximum Gasteiger partial charge on any atom is 0.242 e. The smallest absolute Gasteiger partial charge is 0.242 e. The Kier molecular flexibility index (Phi) is 5.68. The van der Waals surface area contributed by atoms with Gasteiger partial charge in [0.25, 0.3) is 0 Å². The van der Waals surface area contributed by atoms with Crippen molar-refractivity contribution in [3.8, 4) is 11.5 Å². The molecule has 8 nitrogen and oxygen atoms in total. The summed E-state index contributed by atoms with van der Waals surface area (Å²) in [5, 5.41) is 2.33. The highest BCUT2D eigenvalue weighted by Crippen LogP contribution is 2.33. The first-order valence-electron chi connectivity index (χ1n) is 7.10. The number of benzene rings is 1. The van der Waals surface area contributed by atoms with Gasteiger partial charge in [-0.25, -0.2) is 18.6 Å². The first-order valence-corrected chi connectivity index (χ1v) is 8.33. The van der Waals surface area contributed by atoms with Crippen molar-refractivity contribution in [2.75, 3.05) is 20.8 Å². The minimum atomic E-state index is -4.94. The molecule has 2 heterocycles. The van der Waals surface area contributed by atoms with Crippen LogP contribution in [-0.2, 0) is 6.42 Å². The van der Waals surface area contributed by atoms with E-state index in [1.807, 2.05) is 16.9 Å².